The lowest BCUT2D eigenvalue weighted by molar-refractivity contribution is -0.141. The minimum atomic E-state index is -4.64. The fourth-order valence-corrected chi connectivity index (χ4v) is 4.76. The van der Waals surface area contributed by atoms with Gasteiger partial charge in [-0.05, 0) is 43.6 Å². The third kappa shape index (κ3) is 3.05. The minimum Gasteiger partial charge on any atom is -0.481 e. The molecule has 4 atom stereocenters. The Hall–Kier alpha value is -2.50. The van der Waals surface area contributed by atoms with Crippen molar-refractivity contribution in [3.05, 3.63) is 17.2 Å². The number of pyridine rings is 1. The molecule has 0 unspecified atom stereocenters. The highest BCUT2D eigenvalue weighted by molar-refractivity contribution is 5.68. The number of hydrogen-bond donors (Lipinski definition) is 1. The van der Waals surface area contributed by atoms with Crippen LogP contribution in [-0.2, 0) is 11.0 Å². The molecule has 1 aromatic heterocycles. The largest absolute Gasteiger partial charge is 0.481 e. The Labute approximate surface area is 160 Å². The van der Waals surface area contributed by atoms with Crippen molar-refractivity contribution in [2.45, 2.75) is 38.4 Å². The van der Waals surface area contributed by atoms with E-state index >= 15 is 0 Å². The molecule has 1 N–H and O–H groups in total. The van der Waals surface area contributed by atoms with Crippen LogP contribution >= 0.6 is 0 Å². The molecule has 3 saturated heterocycles. The van der Waals surface area contributed by atoms with Crippen LogP contribution in [0, 0.1) is 29.1 Å². The number of carboxylic acid groups (broad SMARTS) is 1. The van der Waals surface area contributed by atoms with Crippen LogP contribution in [0.5, 0.6) is 0 Å². The number of aromatic nitrogens is 1. The molecule has 28 heavy (non-hydrogen) atoms. The SMILES string of the molecule is C[C@H]1CCN1c1nc(N2C[C@H]3C[C@@H](C2)[C@H]3CC(=O)O)cc(C(F)(F)F)c1C#N. The van der Waals surface area contributed by atoms with Gasteiger partial charge in [0.25, 0.3) is 0 Å². The van der Waals surface area contributed by atoms with Gasteiger partial charge in [-0.2, -0.15) is 18.4 Å². The summed E-state index contributed by atoms with van der Waals surface area (Å²) in [6.07, 6.45) is -2.78. The van der Waals surface area contributed by atoms with E-state index in [4.69, 9.17) is 5.11 Å². The van der Waals surface area contributed by atoms with Crippen LogP contribution < -0.4 is 9.80 Å². The molecule has 1 aromatic rings. The zero-order valence-electron chi connectivity index (χ0n) is 15.4. The second-order valence-corrected chi connectivity index (χ2v) is 8.09. The number of carbonyl (C=O) groups is 1. The summed E-state index contributed by atoms with van der Waals surface area (Å²) in [4.78, 5) is 19.0. The zero-order chi connectivity index (χ0) is 20.2. The van der Waals surface area contributed by atoms with Crippen molar-refractivity contribution in [1.29, 1.82) is 5.26 Å². The van der Waals surface area contributed by atoms with E-state index in [1.54, 1.807) is 11.0 Å². The lowest BCUT2D eigenvalue weighted by atomic mass is 9.60. The van der Waals surface area contributed by atoms with Gasteiger partial charge < -0.3 is 14.9 Å². The van der Waals surface area contributed by atoms with E-state index in [1.807, 2.05) is 11.8 Å². The molecule has 3 aliphatic heterocycles. The second kappa shape index (κ2) is 6.54. The summed E-state index contributed by atoms with van der Waals surface area (Å²) in [5, 5.41) is 18.4. The van der Waals surface area contributed by atoms with E-state index in [9.17, 15) is 23.2 Å². The zero-order valence-corrected chi connectivity index (χ0v) is 15.4. The predicted molar refractivity (Wildman–Crippen MR) is 94.9 cm³/mol. The Kier molecular flexibility index (Phi) is 4.40. The predicted octanol–water partition coefficient (Wildman–Crippen LogP) is 3.12. The molecule has 2 bridgehead atoms. The fourth-order valence-electron chi connectivity index (χ4n) is 4.76. The maximum Gasteiger partial charge on any atom is 0.417 e. The van der Waals surface area contributed by atoms with Crippen molar-refractivity contribution >= 4 is 17.6 Å². The van der Waals surface area contributed by atoms with E-state index in [2.05, 4.69) is 4.98 Å². The first-order valence-electron chi connectivity index (χ1n) is 9.44. The van der Waals surface area contributed by atoms with Gasteiger partial charge in [0.05, 0.1) is 5.56 Å². The monoisotopic (exact) mass is 394 g/mol. The van der Waals surface area contributed by atoms with Crippen LogP contribution in [-0.4, -0.2) is 41.7 Å². The van der Waals surface area contributed by atoms with Gasteiger partial charge in [0.2, 0.25) is 0 Å². The van der Waals surface area contributed by atoms with Crippen LogP contribution in [0.1, 0.15) is 37.3 Å². The topological polar surface area (TPSA) is 80.5 Å². The van der Waals surface area contributed by atoms with E-state index in [1.165, 1.54) is 0 Å². The Morgan fingerprint density at radius 3 is 2.54 bits per heavy atom. The average Bonchev–Trinajstić information content (AvgIpc) is 2.63. The fraction of sp³-hybridized carbons (Fsp3) is 0.632. The number of nitriles is 1. The first kappa shape index (κ1) is 18.8. The van der Waals surface area contributed by atoms with Crippen LogP contribution in [0.15, 0.2) is 6.07 Å². The third-order valence-electron chi connectivity index (χ3n) is 6.46. The molecule has 0 aromatic carbocycles. The average molecular weight is 394 g/mol. The Balaban J connectivity index is 1.68. The molecule has 0 amide bonds. The number of fused-ring (bicyclic) bond motifs is 2. The summed E-state index contributed by atoms with van der Waals surface area (Å²) in [6, 6.07) is 2.73. The number of piperidine rings is 2. The molecule has 0 spiro atoms. The van der Waals surface area contributed by atoms with Crippen molar-refractivity contribution < 1.29 is 23.1 Å². The van der Waals surface area contributed by atoms with Crippen molar-refractivity contribution in [3.63, 3.8) is 0 Å². The van der Waals surface area contributed by atoms with Gasteiger partial charge in [0, 0.05) is 32.1 Å². The Bertz CT molecular complexity index is 839. The third-order valence-corrected chi connectivity index (χ3v) is 6.46. The number of nitrogens with zero attached hydrogens (tertiary/aromatic N) is 4. The number of rotatable bonds is 4. The molecule has 1 aliphatic carbocycles. The Morgan fingerprint density at radius 1 is 1.39 bits per heavy atom. The van der Waals surface area contributed by atoms with Crippen molar-refractivity contribution in [3.8, 4) is 6.07 Å². The molecule has 150 valence electrons. The maximum atomic E-state index is 13.7. The van der Waals surface area contributed by atoms with Crippen LogP contribution in [0.3, 0.4) is 0 Å². The number of alkyl halides is 3. The molecule has 9 heteroatoms. The normalized spacial score (nSPS) is 29.0. The van der Waals surface area contributed by atoms with Gasteiger partial charge in [-0.3, -0.25) is 4.79 Å². The molecular weight excluding hydrogens is 373 g/mol. The van der Waals surface area contributed by atoms with Crippen molar-refractivity contribution in [1.82, 2.24) is 4.98 Å². The van der Waals surface area contributed by atoms with Gasteiger partial charge in [-0.1, -0.05) is 0 Å². The molecule has 1 saturated carbocycles. The van der Waals surface area contributed by atoms with E-state index in [0.717, 1.165) is 18.9 Å². The molecule has 4 heterocycles. The van der Waals surface area contributed by atoms with Crippen molar-refractivity contribution in [2.24, 2.45) is 17.8 Å². The number of anilines is 2. The first-order valence-corrected chi connectivity index (χ1v) is 9.44. The molecule has 4 aliphatic rings. The molecular formula is C19H21F3N4O2. The van der Waals surface area contributed by atoms with Gasteiger partial charge in [-0.25, -0.2) is 4.98 Å². The summed E-state index contributed by atoms with van der Waals surface area (Å²) in [5.74, 6) is -0.0977. The lowest BCUT2D eigenvalue weighted by Crippen LogP contribution is -2.56. The Morgan fingerprint density at radius 2 is 2.07 bits per heavy atom. The van der Waals surface area contributed by atoms with E-state index in [-0.39, 0.29) is 41.9 Å². The second-order valence-electron chi connectivity index (χ2n) is 8.09. The summed E-state index contributed by atoms with van der Waals surface area (Å²) in [6.45, 7) is 3.48. The van der Waals surface area contributed by atoms with Crippen molar-refractivity contribution in [2.75, 3.05) is 29.4 Å². The first-order chi connectivity index (χ1) is 13.2. The van der Waals surface area contributed by atoms with Gasteiger partial charge in [0.1, 0.15) is 23.3 Å². The summed E-state index contributed by atoms with van der Waals surface area (Å²) in [5.41, 5.74) is -1.37. The van der Waals surface area contributed by atoms with Gasteiger partial charge in [-0.15, -0.1) is 0 Å². The van der Waals surface area contributed by atoms with Crippen LogP contribution in [0.4, 0.5) is 24.8 Å². The molecule has 5 rings (SSSR count). The van der Waals surface area contributed by atoms with Gasteiger partial charge >= 0.3 is 12.1 Å². The standard InChI is InChI=1S/C19H21F3N4O2/c1-10-2-3-26(10)18-14(7-23)15(19(20,21)22)6-16(24-18)25-8-11-4-12(9-25)13(11)5-17(27)28/h6,10-13H,2-5,8-9H2,1H3,(H,27,28)/t10-,11-,12+,13+/m0/s1. The number of halogens is 3. The highest BCUT2D eigenvalue weighted by atomic mass is 19.4. The van der Waals surface area contributed by atoms with Crippen LogP contribution in [0.25, 0.3) is 0 Å². The summed E-state index contributed by atoms with van der Waals surface area (Å²) >= 11 is 0. The molecule has 4 fully saturated rings. The highest BCUT2D eigenvalue weighted by Crippen LogP contribution is 2.49. The maximum absolute atomic E-state index is 13.7. The van der Waals surface area contributed by atoms with E-state index < -0.39 is 23.3 Å². The number of hydrogen-bond acceptors (Lipinski definition) is 5. The number of carboxylic acids is 1. The summed E-state index contributed by atoms with van der Waals surface area (Å²) < 4.78 is 41.0. The minimum absolute atomic E-state index is 0.0469. The molecule has 6 nitrogen and oxygen atoms in total. The smallest absolute Gasteiger partial charge is 0.417 e. The lowest BCUT2D eigenvalue weighted by Gasteiger charge is -2.54. The van der Waals surface area contributed by atoms with E-state index in [0.29, 0.717) is 19.6 Å². The van der Waals surface area contributed by atoms with Crippen LogP contribution in [0.2, 0.25) is 0 Å². The quantitative estimate of drug-likeness (QED) is 0.845. The summed E-state index contributed by atoms with van der Waals surface area (Å²) in [7, 11) is 0. The number of aliphatic carboxylic acids is 1. The highest BCUT2D eigenvalue weighted by Gasteiger charge is 2.48. The van der Waals surface area contributed by atoms with Gasteiger partial charge in [0.15, 0.2) is 0 Å². The molecule has 0 radical (unpaired) electrons.